The molecule has 2 aromatic carbocycles. The molecule has 0 aliphatic carbocycles. The summed E-state index contributed by atoms with van der Waals surface area (Å²) in [6.07, 6.45) is 4.16. The lowest BCUT2D eigenvalue weighted by Gasteiger charge is -2.39. The molecule has 2 atom stereocenters. The fourth-order valence-electron chi connectivity index (χ4n) is 4.15. The first kappa shape index (κ1) is 18.2. The Morgan fingerprint density at radius 1 is 1.08 bits per heavy atom. The second-order valence-electron chi connectivity index (χ2n) is 7.21. The molecule has 26 heavy (non-hydrogen) atoms. The van der Waals surface area contributed by atoms with Gasteiger partial charge in [0.2, 0.25) is 0 Å². The zero-order chi connectivity index (χ0) is 18.8. The van der Waals surface area contributed by atoms with Gasteiger partial charge in [-0.15, -0.1) is 0 Å². The summed E-state index contributed by atoms with van der Waals surface area (Å²) in [6.45, 7) is 8.70. The maximum atomic E-state index is 12.1. The van der Waals surface area contributed by atoms with E-state index in [1.54, 1.807) is 13.2 Å². The number of aryl methyl sites for hydroxylation is 3. The van der Waals surface area contributed by atoms with Gasteiger partial charge in [0.15, 0.2) is 5.78 Å². The van der Waals surface area contributed by atoms with Crippen molar-refractivity contribution in [2.75, 3.05) is 7.11 Å². The molecule has 3 rings (SSSR count). The first-order valence-corrected chi connectivity index (χ1v) is 9.11. The van der Waals surface area contributed by atoms with E-state index in [2.05, 4.69) is 56.9 Å². The predicted octanol–water partition coefficient (Wildman–Crippen LogP) is 5.21. The van der Waals surface area contributed by atoms with Gasteiger partial charge in [0.05, 0.1) is 19.2 Å². The van der Waals surface area contributed by atoms with Crippen LogP contribution in [0.2, 0.25) is 0 Å². The standard InChI is InChI=1S/C23H27NO2/c1-15-12-16(2)23(17(3)13-15)18(4)24-11-10-20(25)14-22(24)19-6-8-21(26-5)9-7-19/h6-13,18,22H,14H2,1-5H3/t18-,22+/m0/s1. The Morgan fingerprint density at radius 3 is 2.27 bits per heavy atom. The molecule has 1 aliphatic heterocycles. The Labute approximate surface area is 156 Å². The van der Waals surface area contributed by atoms with Gasteiger partial charge in [0.25, 0.3) is 0 Å². The Morgan fingerprint density at radius 2 is 1.69 bits per heavy atom. The van der Waals surface area contributed by atoms with E-state index in [9.17, 15) is 4.79 Å². The maximum absolute atomic E-state index is 12.1. The summed E-state index contributed by atoms with van der Waals surface area (Å²) >= 11 is 0. The number of allylic oxidation sites excluding steroid dienone is 1. The molecule has 0 aromatic heterocycles. The summed E-state index contributed by atoms with van der Waals surface area (Å²) in [7, 11) is 1.67. The normalized spacial score (nSPS) is 18.1. The van der Waals surface area contributed by atoms with Crippen molar-refractivity contribution in [3.63, 3.8) is 0 Å². The number of ketones is 1. The minimum Gasteiger partial charge on any atom is -0.497 e. The monoisotopic (exact) mass is 349 g/mol. The van der Waals surface area contributed by atoms with Crippen LogP contribution in [0.25, 0.3) is 0 Å². The third-order valence-corrected chi connectivity index (χ3v) is 5.29. The molecule has 2 aromatic rings. The van der Waals surface area contributed by atoms with Gasteiger partial charge in [0.1, 0.15) is 5.75 Å². The van der Waals surface area contributed by atoms with Crippen molar-refractivity contribution in [2.45, 2.75) is 46.2 Å². The fourth-order valence-corrected chi connectivity index (χ4v) is 4.15. The number of carbonyl (C=O) groups is 1. The highest BCUT2D eigenvalue weighted by Gasteiger charge is 2.29. The Kier molecular flexibility index (Phi) is 5.17. The number of rotatable bonds is 4. The molecule has 0 amide bonds. The van der Waals surface area contributed by atoms with Crippen molar-refractivity contribution in [3.05, 3.63) is 76.5 Å². The molecular formula is C23H27NO2. The van der Waals surface area contributed by atoms with E-state index in [0.29, 0.717) is 6.42 Å². The minimum atomic E-state index is 0.0357. The summed E-state index contributed by atoms with van der Waals surface area (Å²) in [4.78, 5) is 14.4. The van der Waals surface area contributed by atoms with Crippen LogP contribution >= 0.6 is 0 Å². The smallest absolute Gasteiger partial charge is 0.159 e. The molecule has 0 radical (unpaired) electrons. The van der Waals surface area contributed by atoms with Crippen LogP contribution in [0.5, 0.6) is 5.75 Å². The van der Waals surface area contributed by atoms with Gasteiger partial charge in [-0.1, -0.05) is 29.8 Å². The van der Waals surface area contributed by atoms with Crippen molar-refractivity contribution < 1.29 is 9.53 Å². The molecule has 0 saturated carbocycles. The Hall–Kier alpha value is -2.55. The molecule has 0 N–H and O–H groups in total. The van der Waals surface area contributed by atoms with Crippen LogP contribution in [-0.4, -0.2) is 17.8 Å². The largest absolute Gasteiger partial charge is 0.497 e. The van der Waals surface area contributed by atoms with Crippen LogP contribution in [0.3, 0.4) is 0 Å². The molecule has 0 spiro atoms. The van der Waals surface area contributed by atoms with Gasteiger partial charge in [-0.3, -0.25) is 4.79 Å². The van der Waals surface area contributed by atoms with Crippen molar-refractivity contribution >= 4 is 5.78 Å². The molecular weight excluding hydrogens is 322 g/mol. The zero-order valence-corrected chi connectivity index (χ0v) is 16.2. The van der Waals surface area contributed by atoms with Crippen molar-refractivity contribution in [1.29, 1.82) is 0 Å². The highest BCUT2D eigenvalue weighted by Crippen LogP contribution is 2.38. The number of benzene rings is 2. The highest BCUT2D eigenvalue weighted by molar-refractivity contribution is 5.91. The van der Waals surface area contributed by atoms with E-state index in [0.717, 1.165) is 11.3 Å². The van der Waals surface area contributed by atoms with Crippen LogP contribution in [0.15, 0.2) is 48.7 Å². The Bertz CT molecular complexity index is 813. The SMILES string of the molecule is COc1ccc([C@H]2CC(=O)C=CN2[C@@H](C)c2c(C)cc(C)cc2C)cc1. The van der Waals surface area contributed by atoms with Crippen LogP contribution in [0, 0.1) is 20.8 Å². The van der Waals surface area contributed by atoms with Crippen molar-refractivity contribution in [3.8, 4) is 5.75 Å². The third kappa shape index (κ3) is 3.52. The van der Waals surface area contributed by atoms with E-state index in [-0.39, 0.29) is 17.9 Å². The summed E-state index contributed by atoms with van der Waals surface area (Å²) < 4.78 is 5.27. The molecule has 3 nitrogen and oxygen atoms in total. The molecule has 3 heteroatoms. The van der Waals surface area contributed by atoms with Gasteiger partial charge >= 0.3 is 0 Å². The second-order valence-corrected chi connectivity index (χ2v) is 7.21. The fraction of sp³-hybridized carbons (Fsp3) is 0.348. The first-order valence-electron chi connectivity index (χ1n) is 9.11. The quantitative estimate of drug-likeness (QED) is 0.759. The van der Waals surface area contributed by atoms with Crippen LogP contribution in [-0.2, 0) is 4.79 Å². The molecule has 0 unspecified atom stereocenters. The summed E-state index contributed by atoms with van der Waals surface area (Å²) in [6, 6.07) is 12.7. The lowest BCUT2D eigenvalue weighted by molar-refractivity contribution is -0.116. The van der Waals surface area contributed by atoms with Gasteiger partial charge in [-0.05, 0) is 68.2 Å². The van der Waals surface area contributed by atoms with Crippen LogP contribution in [0.4, 0.5) is 0 Å². The third-order valence-electron chi connectivity index (χ3n) is 5.29. The second kappa shape index (κ2) is 7.36. The van der Waals surface area contributed by atoms with E-state index in [1.165, 1.54) is 22.3 Å². The topological polar surface area (TPSA) is 29.5 Å². The number of carbonyl (C=O) groups excluding carboxylic acids is 1. The van der Waals surface area contributed by atoms with Crippen molar-refractivity contribution in [2.24, 2.45) is 0 Å². The van der Waals surface area contributed by atoms with Crippen molar-refractivity contribution in [1.82, 2.24) is 4.90 Å². The molecule has 1 heterocycles. The van der Waals surface area contributed by atoms with Gasteiger partial charge in [-0.2, -0.15) is 0 Å². The molecule has 0 fully saturated rings. The van der Waals surface area contributed by atoms with E-state index >= 15 is 0 Å². The highest BCUT2D eigenvalue weighted by atomic mass is 16.5. The lowest BCUT2D eigenvalue weighted by Crippen LogP contribution is -2.32. The van der Waals surface area contributed by atoms with E-state index < -0.39 is 0 Å². The number of ether oxygens (including phenoxy) is 1. The molecule has 0 saturated heterocycles. The van der Waals surface area contributed by atoms with Gasteiger partial charge < -0.3 is 9.64 Å². The summed E-state index contributed by atoms with van der Waals surface area (Å²) in [5.74, 6) is 1.00. The number of hydrogen-bond acceptors (Lipinski definition) is 3. The van der Waals surface area contributed by atoms with E-state index in [4.69, 9.17) is 4.74 Å². The first-order chi connectivity index (χ1) is 12.4. The maximum Gasteiger partial charge on any atom is 0.159 e. The average Bonchev–Trinajstić information content (AvgIpc) is 2.60. The molecule has 1 aliphatic rings. The van der Waals surface area contributed by atoms with Gasteiger partial charge in [-0.25, -0.2) is 0 Å². The number of hydrogen-bond donors (Lipinski definition) is 0. The zero-order valence-electron chi connectivity index (χ0n) is 16.2. The summed E-state index contributed by atoms with van der Waals surface area (Å²) in [5, 5.41) is 0. The van der Waals surface area contributed by atoms with Crippen LogP contribution in [0.1, 0.15) is 53.2 Å². The van der Waals surface area contributed by atoms with Gasteiger partial charge in [0, 0.05) is 12.6 Å². The van der Waals surface area contributed by atoms with Crippen LogP contribution < -0.4 is 4.74 Å². The molecule has 0 bridgehead atoms. The summed E-state index contributed by atoms with van der Waals surface area (Å²) in [5.41, 5.74) is 6.36. The predicted molar refractivity (Wildman–Crippen MR) is 105 cm³/mol. The molecule has 136 valence electrons. The number of nitrogens with zero attached hydrogens (tertiary/aromatic N) is 1. The number of methoxy groups -OCH3 is 1. The minimum absolute atomic E-state index is 0.0357. The Balaban J connectivity index is 1.99. The van der Waals surface area contributed by atoms with E-state index in [1.807, 2.05) is 18.3 Å². The lowest BCUT2D eigenvalue weighted by atomic mass is 9.90. The average molecular weight is 349 g/mol.